The van der Waals surface area contributed by atoms with E-state index < -0.39 is 35.4 Å². The Labute approximate surface area is 174 Å². The summed E-state index contributed by atoms with van der Waals surface area (Å²) in [5, 5.41) is 5.75. The van der Waals surface area contributed by atoms with Crippen LogP contribution in [0.25, 0.3) is 0 Å². The number of carbonyl (C=O) groups excluding carboxylic acids is 3. The van der Waals surface area contributed by atoms with Crippen molar-refractivity contribution in [1.29, 1.82) is 0 Å². The van der Waals surface area contributed by atoms with Crippen LogP contribution in [-0.2, 0) is 9.53 Å². The summed E-state index contributed by atoms with van der Waals surface area (Å²) in [6.07, 6.45) is -1.44. The van der Waals surface area contributed by atoms with Crippen LogP contribution in [0.3, 0.4) is 0 Å². The monoisotopic (exact) mass is 415 g/mol. The average molecular weight is 415 g/mol. The van der Waals surface area contributed by atoms with Crippen LogP contribution in [0.5, 0.6) is 0 Å². The second-order valence-electron chi connectivity index (χ2n) is 7.85. The molecule has 2 amide bonds. The lowest BCUT2D eigenvalue weighted by Crippen LogP contribution is -2.47. The van der Waals surface area contributed by atoms with Gasteiger partial charge in [-0.3, -0.25) is 4.79 Å². The van der Waals surface area contributed by atoms with Gasteiger partial charge in [0.1, 0.15) is 18.2 Å². The Balaban J connectivity index is 2.41. The quantitative estimate of drug-likeness (QED) is 0.565. The summed E-state index contributed by atoms with van der Waals surface area (Å²) in [4.78, 5) is 35.3. The smallest absolute Gasteiger partial charge is 0.404 e. The highest BCUT2D eigenvalue weighted by Crippen LogP contribution is 2.31. The molecule has 8 heteroatoms. The molecule has 0 aliphatic heterocycles. The fraction of sp³-hybridized carbons (Fsp3) is 0.318. The molecule has 2 aromatic rings. The van der Waals surface area contributed by atoms with Gasteiger partial charge in [-0.25, -0.2) is 9.18 Å². The van der Waals surface area contributed by atoms with Crippen LogP contribution < -0.4 is 16.4 Å². The van der Waals surface area contributed by atoms with E-state index in [1.807, 2.05) is 20.8 Å². The summed E-state index contributed by atoms with van der Waals surface area (Å²) in [5.41, 5.74) is 5.14. The van der Waals surface area contributed by atoms with Crippen molar-refractivity contribution in [3.63, 3.8) is 0 Å². The number of anilines is 2. The van der Waals surface area contributed by atoms with Crippen LogP contribution in [0, 0.1) is 11.2 Å². The van der Waals surface area contributed by atoms with E-state index in [1.165, 1.54) is 12.1 Å². The van der Waals surface area contributed by atoms with Crippen molar-refractivity contribution in [3.8, 4) is 0 Å². The Morgan fingerprint density at radius 2 is 1.80 bits per heavy atom. The molecule has 0 aromatic heterocycles. The third kappa shape index (κ3) is 6.04. The van der Waals surface area contributed by atoms with E-state index in [1.54, 1.807) is 36.4 Å². The number of nitrogens with one attached hydrogen (secondary N) is 2. The van der Waals surface area contributed by atoms with Gasteiger partial charge < -0.3 is 25.9 Å². The number of hydrogen-bond donors (Lipinski definition) is 3. The van der Waals surface area contributed by atoms with E-state index in [4.69, 9.17) is 10.5 Å². The lowest BCUT2D eigenvalue weighted by atomic mass is 9.82. The number of nitrogens with two attached hydrogens (primary N) is 1. The molecule has 2 atom stereocenters. The standard InChI is InChI=1S/C22H26FN3O4/c1-22(2,3)19(17(12-13-27)30-21(24)29)26-16-11-7-10-15(23)18(16)20(28)25-14-8-5-4-6-9-14/h4-11,13,17,19,26H,12H2,1-3H3,(H2,24,29)(H,25,28)/t17-,19?/m0/s1. The molecule has 0 heterocycles. The summed E-state index contributed by atoms with van der Waals surface area (Å²) in [7, 11) is 0. The lowest BCUT2D eigenvalue weighted by Gasteiger charge is -2.37. The van der Waals surface area contributed by atoms with E-state index in [9.17, 15) is 18.8 Å². The Morgan fingerprint density at radius 1 is 1.13 bits per heavy atom. The first-order valence-electron chi connectivity index (χ1n) is 9.44. The van der Waals surface area contributed by atoms with Crippen molar-refractivity contribution < 1.29 is 23.5 Å². The van der Waals surface area contributed by atoms with Crippen molar-refractivity contribution in [2.45, 2.75) is 39.3 Å². The van der Waals surface area contributed by atoms with Crippen LogP contribution in [0.15, 0.2) is 48.5 Å². The zero-order chi connectivity index (χ0) is 22.3. The van der Waals surface area contributed by atoms with Crippen molar-refractivity contribution in [2.75, 3.05) is 10.6 Å². The molecular formula is C22H26FN3O4. The number of amides is 2. The number of carbonyl (C=O) groups is 3. The number of primary amides is 1. The van der Waals surface area contributed by atoms with Gasteiger partial charge in [-0.15, -0.1) is 0 Å². The Kier molecular flexibility index (Phi) is 7.52. The molecule has 30 heavy (non-hydrogen) atoms. The van der Waals surface area contributed by atoms with Crippen molar-refractivity contribution >= 4 is 29.7 Å². The molecule has 0 radical (unpaired) electrons. The number of rotatable bonds is 8. The summed E-state index contributed by atoms with van der Waals surface area (Å²) >= 11 is 0. The minimum absolute atomic E-state index is 0.112. The van der Waals surface area contributed by atoms with Gasteiger partial charge in [0, 0.05) is 12.1 Å². The predicted molar refractivity (Wildman–Crippen MR) is 113 cm³/mol. The van der Waals surface area contributed by atoms with Crippen molar-refractivity contribution in [3.05, 3.63) is 59.9 Å². The van der Waals surface area contributed by atoms with Gasteiger partial charge in [0.2, 0.25) is 0 Å². The first kappa shape index (κ1) is 22.9. The van der Waals surface area contributed by atoms with Crippen LogP contribution in [0.1, 0.15) is 37.6 Å². The van der Waals surface area contributed by atoms with Crippen LogP contribution in [0.2, 0.25) is 0 Å². The minimum Gasteiger partial charge on any atom is -0.444 e. The molecule has 4 N–H and O–H groups in total. The first-order valence-corrected chi connectivity index (χ1v) is 9.44. The highest BCUT2D eigenvalue weighted by atomic mass is 19.1. The fourth-order valence-corrected chi connectivity index (χ4v) is 3.12. The average Bonchev–Trinajstić information content (AvgIpc) is 2.65. The topological polar surface area (TPSA) is 111 Å². The van der Waals surface area contributed by atoms with E-state index in [0.717, 1.165) is 0 Å². The molecule has 160 valence electrons. The number of para-hydroxylation sites is 1. The van der Waals surface area contributed by atoms with Crippen LogP contribution in [0.4, 0.5) is 20.6 Å². The van der Waals surface area contributed by atoms with Gasteiger partial charge >= 0.3 is 6.09 Å². The third-order valence-corrected chi connectivity index (χ3v) is 4.48. The second-order valence-corrected chi connectivity index (χ2v) is 7.85. The normalized spacial score (nSPS) is 13.1. The highest BCUT2D eigenvalue weighted by molar-refractivity contribution is 6.08. The summed E-state index contributed by atoms with van der Waals surface area (Å²) in [6, 6.07) is 12.2. The molecule has 0 bridgehead atoms. The SMILES string of the molecule is CC(C)(C)C(Nc1cccc(F)c1C(=O)Nc1ccccc1)[C@H](CC=O)OC(N)=O. The third-order valence-electron chi connectivity index (χ3n) is 4.48. The lowest BCUT2D eigenvalue weighted by molar-refractivity contribution is -0.110. The molecule has 0 fully saturated rings. The van der Waals surface area contributed by atoms with Gasteiger partial charge in [0.25, 0.3) is 5.91 Å². The maximum Gasteiger partial charge on any atom is 0.404 e. The maximum atomic E-state index is 14.6. The summed E-state index contributed by atoms with van der Waals surface area (Å²) in [5.74, 6) is -1.36. The van der Waals surface area contributed by atoms with Gasteiger partial charge in [0.05, 0.1) is 17.3 Å². The molecule has 0 spiro atoms. The number of hydrogen-bond acceptors (Lipinski definition) is 5. The molecule has 2 aromatic carbocycles. The van der Waals surface area contributed by atoms with Crippen molar-refractivity contribution in [2.24, 2.45) is 11.1 Å². The zero-order valence-corrected chi connectivity index (χ0v) is 17.1. The van der Waals surface area contributed by atoms with Crippen LogP contribution in [-0.4, -0.2) is 30.4 Å². The van der Waals surface area contributed by atoms with E-state index in [-0.39, 0.29) is 17.7 Å². The van der Waals surface area contributed by atoms with Gasteiger partial charge in [-0.2, -0.15) is 0 Å². The van der Waals surface area contributed by atoms with Gasteiger partial charge in [-0.05, 0) is 29.7 Å². The number of aldehydes is 1. The Bertz CT molecular complexity index is 897. The molecule has 0 aliphatic carbocycles. The minimum atomic E-state index is -1.03. The summed E-state index contributed by atoms with van der Waals surface area (Å²) < 4.78 is 19.8. The van der Waals surface area contributed by atoms with Gasteiger partial charge in [0.15, 0.2) is 0 Å². The number of benzene rings is 2. The number of ether oxygens (including phenoxy) is 1. The van der Waals surface area contributed by atoms with Gasteiger partial charge in [-0.1, -0.05) is 45.0 Å². The largest absolute Gasteiger partial charge is 0.444 e. The zero-order valence-electron chi connectivity index (χ0n) is 17.1. The highest BCUT2D eigenvalue weighted by Gasteiger charge is 2.35. The first-order chi connectivity index (χ1) is 14.1. The fourth-order valence-electron chi connectivity index (χ4n) is 3.12. The maximum absolute atomic E-state index is 14.6. The molecule has 0 saturated carbocycles. The van der Waals surface area contributed by atoms with E-state index in [0.29, 0.717) is 12.0 Å². The Hall–Kier alpha value is -3.42. The Morgan fingerprint density at radius 3 is 2.37 bits per heavy atom. The molecule has 1 unspecified atom stereocenters. The summed E-state index contributed by atoms with van der Waals surface area (Å²) in [6.45, 7) is 5.57. The van der Waals surface area contributed by atoms with Crippen LogP contribution >= 0.6 is 0 Å². The number of halogens is 1. The molecule has 0 saturated heterocycles. The molecule has 0 aliphatic rings. The molecule has 2 rings (SSSR count). The predicted octanol–water partition coefficient (Wildman–Crippen LogP) is 3.96. The van der Waals surface area contributed by atoms with E-state index >= 15 is 0 Å². The molecular weight excluding hydrogens is 389 g/mol. The van der Waals surface area contributed by atoms with E-state index in [2.05, 4.69) is 10.6 Å². The second kappa shape index (κ2) is 9.87. The molecule has 7 nitrogen and oxygen atoms in total. The van der Waals surface area contributed by atoms with Crippen molar-refractivity contribution in [1.82, 2.24) is 0 Å².